The fraction of sp³-hybridized carbons (Fsp3) is 0.308. The van der Waals surface area contributed by atoms with Gasteiger partial charge in [0.15, 0.2) is 0 Å². The predicted molar refractivity (Wildman–Crippen MR) is 124 cm³/mol. The van der Waals surface area contributed by atoms with Gasteiger partial charge in [-0.2, -0.15) is 0 Å². The van der Waals surface area contributed by atoms with Gasteiger partial charge >= 0.3 is 17.1 Å². The summed E-state index contributed by atoms with van der Waals surface area (Å²) in [5.41, 5.74) is 9.55. The minimum Gasteiger partial charge on any atom is -0.660 e. The molecule has 0 saturated heterocycles. The molecule has 0 aromatic carbocycles. The van der Waals surface area contributed by atoms with Gasteiger partial charge in [0.05, 0.1) is 11.4 Å². The largest absolute Gasteiger partial charge is 2.00 e. The van der Waals surface area contributed by atoms with Gasteiger partial charge in [0.2, 0.25) is 0 Å². The molecule has 1 radical (unpaired) electrons. The van der Waals surface area contributed by atoms with Gasteiger partial charge in [0.1, 0.15) is 0 Å². The molecule has 4 nitrogen and oxygen atoms in total. The Morgan fingerprint density at radius 2 is 1.00 bits per heavy atom. The van der Waals surface area contributed by atoms with Crippen LogP contribution in [0.2, 0.25) is 0 Å². The van der Waals surface area contributed by atoms with E-state index in [-0.39, 0.29) is 27.9 Å². The Bertz CT molecular complexity index is 1150. The topological polar surface area (TPSA) is 52.9 Å². The smallest absolute Gasteiger partial charge is 0.660 e. The van der Waals surface area contributed by atoms with E-state index in [9.17, 15) is 0 Å². The molecule has 0 aliphatic carbocycles. The van der Waals surface area contributed by atoms with Crippen molar-refractivity contribution in [2.24, 2.45) is 9.98 Å². The summed E-state index contributed by atoms with van der Waals surface area (Å²) in [5.74, 6) is 0. The van der Waals surface area contributed by atoms with E-state index in [1.807, 2.05) is 0 Å². The van der Waals surface area contributed by atoms with E-state index in [0.717, 1.165) is 56.7 Å². The van der Waals surface area contributed by atoms with E-state index in [4.69, 9.17) is 20.0 Å². The second-order valence-electron chi connectivity index (χ2n) is 9.36. The third-order valence-electron chi connectivity index (χ3n) is 6.66. The molecule has 2 aromatic heterocycles. The van der Waals surface area contributed by atoms with Crippen LogP contribution in [0.4, 0.5) is 0 Å². The van der Waals surface area contributed by atoms with E-state index in [2.05, 4.69) is 90.1 Å². The van der Waals surface area contributed by atoms with Crippen LogP contribution < -0.4 is 9.97 Å². The molecule has 161 valence electrons. The standard InChI is InChI=1S/C26H26N4.Cu/c1-15-17-7-11-21(27-17)25(3,4)23-13-9-19(29-23)16(2)20-10-14-24(30-20)26(5,6)22-12-8-18(15)28-22;/h7-14H,1-6H3;/q-2;+2/b17-15-,20-16-;. The number of allylic oxidation sites excluding steroid dienone is 6. The Morgan fingerprint density at radius 3 is 1.39 bits per heavy atom. The minimum atomic E-state index is -0.286. The first-order valence-corrected chi connectivity index (χ1v) is 10.4. The van der Waals surface area contributed by atoms with Crippen molar-refractivity contribution in [3.8, 4) is 0 Å². The Labute approximate surface area is 194 Å². The van der Waals surface area contributed by atoms with E-state index in [0.29, 0.717) is 0 Å². The van der Waals surface area contributed by atoms with Crippen molar-refractivity contribution >= 4 is 22.6 Å². The van der Waals surface area contributed by atoms with Crippen LogP contribution in [0, 0.1) is 0 Å². The summed E-state index contributed by atoms with van der Waals surface area (Å²) < 4.78 is 0. The molecular formula is C26H26CuN4. The zero-order valence-electron chi connectivity index (χ0n) is 18.7. The van der Waals surface area contributed by atoms with E-state index >= 15 is 0 Å². The second-order valence-corrected chi connectivity index (χ2v) is 9.36. The Balaban J connectivity index is 0.00000231. The van der Waals surface area contributed by atoms with Crippen LogP contribution in [0.5, 0.6) is 0 Å². The van der Waals surface area contributed by atoms with Crippen molar-refractivity contribution in [2.75, 3.05) is 0 Å². The fourth-order valence-electron chi connectivity index (χ4n) is 4.20. The molecule has 5 heteroatoms. The van der Waals surface area contributed by atoms with Gasteiger partial charge in [0, 0.05) is 22.3 Å². The maximum absolute atomic E-state index is 4.97. The molecule has 0 amide bonds. The molecule has 0 fully saturated rings. The number of aliphatic imine (C=N–C) groups is 2. The molecule has 2 aromatic rings. The van der Waals surface area contributed by atoms with Crippen LogP contribution in [0.1, 0.15) is 64.3 Å². The Kier molecular flexibility index (Phi) is 5.03. The van der Waals surface area contributed by atoms with Crippen LogP contribution >= 0.6 is 0 Å². The first-order valence-electron chi connectivity index (χ1n) is 10.4. The molecular weight excluding hydrogens is 432 g/mol. The fourth-order valence-corrected chi connectivity index (χ4v) is 4.20. The Hall–Kier alpha value is -2.62. The van der Waals surface area contributed by atoms with Crippen molar-refractivity contribution < 1.29 is 17.1 Å². The average molecular weight is 458 g/mol. The molecule has 0 atom stereocenters. The predicted octanol–water partition coefficient (Wildman–Crippen LogP) is 5.35. The van der Waals surface area contributed by atoms with Crippen LogP contribution in [0.15, 0.2) is 69.9 Å². The maximum Gasteiger partial charge on any atom is 2.00 e. The van der Waals surface area contributed by atoms with Gasteiger partial charge in [-0.15, -0.1) is 22.8 Å². The second kappa shape index (κ2) is 7.22. The quantitative estimate of drug-likeness (QED) is 0.500. The summed E-state index contributed by atoms with van der Waals surface area (Å²) >= 11 is 0. The number of fused-ring (bicyclic) bond motifs is 6. The maximum atomic E-state index is 4.97. The van der Waals surface area contributed by atoms with E-state index in [1.54, 1.807) is 0 Å². The summed E-state index contributed by atoms with van der Waals surface area (Å²) in [7, 11) is 0. The molecule has 0 spiro atoms. The summed E-state index contributed by atoms with van der Waals surface area (Å²) in [6.07, 6.45) is 8.41. The summed E-state index contributed by atoms with van der Waals surface area (Å²) in [6.45, 7) is 12.9. The van der Waals surface area contributed by atoms with E-state index in [1.165, 1.54) is 0 Å². The summed E-state index contributed by atoms with van der Waals surface area (Å²) in [4.78, 5) is 19.9. The van der Waals surface area contributed by atoms with E-state index < -0.39 is 0 Å². The monoisotopic (exact) mass is 457 g/mol. The van der Waals surface area contributed by atoms with Crippen molar-refractivity contribution in [1.29, 1.82) is 0 Å². The zero-order chi connectivity index (χ0) is 21.3. The summed E-state index contributed by atoms with van der Waals surface area (Å²) in [6, 6.07) is 8.41. The molecule has 5 rings (SSSR count). The molecule has 8 bridgehead atoms. The molecule has 0 saturated carbocycles. The minimum absolute atomic E-state index is 0. The van der Waals surface area contributed by atoms with Crippen molar-refractivity contribution in [3.63, 3.8) is 0 Å². The van der Waals surface area contributed by atoms with Gasteiger partial charge in [-0.1, -0.05) is 52.0 Å². The first-order chi connectivity index (χ1) is 14.2. The molecule has 5 heterocycles. The summed E-state index contributed by atoms with van der Waals surface area (Å²) in [5, 5.41) is 0. The number of aromatic nitrogens is 2. The van der Waals surface area contributed by atoms with Crippen LogP contribution in [-0.4, -0.2) is 11.4 Å². The Morgan fingerprint density at radius 1 is 0.613 bits per heavy atom. The number of rotatable bonds is 0. The van der Waals surface area contributed by atoms with Gasteiger partial charge in [-0.3, -0.25) is 9.98 Å². The molecule has 0 N–H and O–H groups in total. The number of nitrogens with zero attached hydrogens (tertiary/aromatic N) is 4. The van der Waals surface area contributed by atoms with Crippen molar-refractivity contribution in [3.05, 3.63) is 82.7 Å². The molecule has 3 aliphatic rings. The van der Waals surface area contributed by atoms with Gasteiger partial charge in [0.25, 0.3) is 0 Å². The van der Waals surface area contributed by atoms with Crippen LogP contribution in [0.3, 0.4) is 0 Å². The zero-order valence-corrected chi connectivity index (χ0v) is 19.7. The van der Waals surface area contributed by atoms with Crippen LogP contribution in [0.25, 0.3) is 11.1 Å². The number of hydrogen-bond acceptors (Lipinski definition) is 2. The molecule has 31 heavy (non-hydrogen) atoms. The molecule has 3 aliphatic heterocycles. The van der Waals surface area contributed by atoms with Gasteiger partial charge in [-0.25, -0.2) is 0 Å². The van der Waals surface area contributed by atoms with Gasteiger partial charge < -0.3 is 9.97 Å². The van der Waals surface area contributed by atoms with Crippen molar-refractivity contribution in [2.45, 2.75) is 52.4 Å². The number of hydrogen-bond donors (Lipinski definition) is 0. The SMILES string of the molecule is C/C1=C2\C=CC(=N2)C(C)(C)c2ccc([n-]2)/C(C)=C2/C=CC(=N2)C(C)(C)c2ccc1[n-]2.[Cu+2]. The molecule has 0 unspecified atom stereocenters. The normalized spacial score (nSPS) is 25.4. The average Bonchev–Trinajstić information content (AvgIpc) is 3.50. The van der Waals surface area contributed by atoms with Gasteiger partial charge in [-0.05, 0) is 49.3 Å². The third kappa shape index (κ3) is 3.28. The van der Waals surface area contributed by atoms with Crippen LogP contribution in [-0.2, 0) is 27.9 Å². The third-order valence-corrected chi connectivity index (χ3v) is 6.66. The van der Waals surface area contributed by atoms with Crippen molar-refractivity contribution in [1.82, 2.24) is 9.97 Å². The first kappa shape index (κ1) is 21.6.